The highest BCUT2D eigenvalue weighted by Gasteiger charge is 2.15. The normalized spacial score (nSPS) is 11.2. The smallest absolute Gasteiger partial charge is 0.336 e. The van der Waals surface area contributed by atoms with Crippen molar-refractivity contribution in [3.8, 4) is 0 Å². The van der Waals surface area contributed by atoms with E-state index in [0.29, 0.717) is 0 Å². The summed E-state index contributed by atoms with van der Waals surface area (Å²) >= 11 is 0. The number of hydrogen-bond donors (Lipinski definition) is 2. The Morgan fingerprint density at radius 2 is 1.86 bits per heavy atom. The molecule has 0 aromatic heterocycles. The first-order chi connectivity index (χ1) is 6.40. The molecule has 1 aromatic rings. The molecule has 7 heteroatoms. The zero-order chi connectivity index (χ0) is 10.8. The Balaban J connectivity index is 3.15. The molecule has 0 fully saturated rings. The summed E-state index contributed by atoms with van der Waals surface area (Å²) in [6, 6.07) is 5.52. The quantitative estimate of drug-likeness (QED) is 0.604. The molecule has 0 unspecified atom stereocenters. The first-order valence-electron chi connectivity index (χ1n) is 3.39. The maximum atomic E-state index is 10.6. The average Bonchev–Trinajstić information content (AvgIpc) is 2.01. The van der Waals surface area contributed by atoms with Gasteiger partial charge in [-0.25, -0.2) is 4.79 Å². The average molecular weight is 234 g/mol. The van der Waals surface area contributed by atoms with Crippen LogP contribution in [0.25, 0.3) is 0 Å². The van der Waals surface area contributed by atoms with E-state index < -0.39 is 15.1 Å². The van der Waals surface area contributed by atoms with Crippen molar-refractivity contribution >= 4 is 25.9 Å². The molecule has 0 spiro atoms. The molecule has 5 nitrogen and oxygen atoms in total. The maximum Gasteiger partial charge on any atom is 0.336 e. The van der Waals surface area contributed by atoms with Gasteiger partial charge >= 0.3 is 15.1 Å². The van der Waals surface area contributed by atoms with Gasteiger partial charge in [0.05, 0.1) is 5.56 Å². The third kappa shape index (κ3) is 3.02. The van der Waals surface area contributed by atoms with E-state index in [1.54, 1.807) is 0 Å². The Hall–Kier alpha value is -1.05. The van der Waals surface area contributed by atoms with Crippen LogP contribution in [0, 0.1) is 0 Å². The highest BCUT2D eigenvalue weighted by Crippen LogP contribution is 2.26. The summed E-state index contributed by atoms with van der Waals surface area (Å²) in [5, 5.41) is 8.67. The Morgan fingerprint density at radius 1 is 1.29 bits per heavy atom. The number of carboxylic acids is 1. The lowest BCUT2D eigenvalue weighted by Gasteiger charge is -2.01. The minimum absolute atomic E-state index is 0.0116. The van der Waals surface area contributed by atoms with Crippen molar-refractivity contribution in [1.82, 2.24) is 0 Å². The molecule has 1 aromatic carbocycles. The van der Waals surface area contributed by atoms with Gasteiger partial charge in [0.25, 0.3) is 0 Å². The maximum absolute atomic E-state index is 10.6. The SMILES string of the molecule is O=C(O)c1ccccc1SS(=O)(=O)O. The summed E-state index contributed by atoms with van der Waals surface area (Å²) < 4.78 is 29.5. The summed E-state index contributed by atoms with van der Waals surface area (Å²) in [6.07, 6.45) is 0. The lowest BCUT2D eigenvalue weighted by atomic mass is 10.2. The molecule has 0 heterocycles. The zero-order valence-electron chi connectivity index (χ0n) is 6.75. The topological polar surface area (TPSA) is 91.7 Å². The van der Waals surface area contributed by atoms with Gasteiger partial charge in [0.2, 0.25) is 0 Å². The Bertz CT molecular complexity index is 451. The predicted octanol–water partition coefficient (Wildman–Crippen LogP) is 1.28. The molecule has 0 saturated heterocycles. The minimum Gasteiger partial charge on any atom is -0.478 e. The first kappa shape index (κ1) is 11.0. The van der Waals surface area contributed by atoms with E-state index in [1.807, 2.05) is 0 Å². The molecule has 0 aliphatic carbocycles. The highest BCUT2D eigenvalue weighted by molar-refractivity contribution is 8.69. The molecular formula is C7H6O5S2. The fourth-order valence-electron chi connectivity index (χ4n) is 0.829. The number of aromatic carboxylic acids is 1. The summed E-state index contributed by atoms with van der Waals surface area (Å²) in [7, 11) is -4.18. The molecule has 1 rings (SSSR count). The van der Waals surface area contributed by atoms with E-state index >= 15 is 0 Å². The van der Waals surface area contributed by atoms with Gasteiger partial charge in [-0.2, -0.15) is 8.42 Å². The molecule has 0 amide bonds. The fourth-order valence-corrected chi connectivity index (χ4v) is 2.55. The second kappa shape index (κ2) is 3.99. The van der Waals surface area contributed by atoms with Crippen molar-refractivity contribution < 1.29 is 22.9 Å². The zero-order valence-corrected chi connectivity index (χ0v) is 8.38. The van der Waals surface area contributed by atoms with Crippen molar-refractivity contribution in [3.05, 3.63) is 29.8 Å². The van der Waals surface area contributed by atoms with E-state index in [9.17, 15) is 13.2 Å². The number of hydrogen-bond acceptors (Lipinski definition) is 4. The van der Waals surface area contributed by atoms with E-state index in [2.05, 4.69) is 0 Å². The summed E-state index contributed by atoms with van der Waals surface area (Å²) in [4.78, 5) is 10.6. The predicted molar refractivity (Wildman–Crippen MR) is 50.8 cm³/mol. The third-order valence-corrected chi connectivity index (χ3v) is 3.23. The highest BCUT2D eigenvalue weighted by atomic mass is 33.1. The van der Waals surface area contributed by atoms with Gasteiger partial charge < -0.3 is 5.11 Å². The van der Waals surface area contributed by atoms with Gasteiger partial charge in [-0.3, -0.25) is 4.55 Å². The van der Waals surface area contributed by atoms with Crippen LogP contribution >= 0.6 is 10.8 Å². The standard InChI is InChI=1S/C7H6O5S2/c8-7(9)5-3-1-2-4-6(5)13-14(10,11)12/h1-4H,(H,8,9)(H,10,11,12). The van der Waals surface area contributed by atoms with Crippen molar-refractivity contribution in [2.24, 2.45) is 0 Å². The van der Waals surface area contributed by atoms with Gasteiger partial charge in [-0.15, -0.1) is 0 Å². The molecule has 14 heavy (non-hydrogen) atoms. The molecule has 0 radical (unpaired) electrons. The van der Waals surface area contributed by atoms with Crippen LogP contribution in [0.2, 0.25) is 0 Å². The minimum atomic E-state index is -4.28. The Kier molecular flexibility index (Phi) is 3.14. The van der Waals surface area contributed by atoms with E-state index in [0.717, 1.165) is 0 Å². The van der Waals surface area contributed by atoms with Gasteiger partial charge in [0.15, 0.2) is 0 Å². The van der Waals surface area contributed by atoms with Crippen LogP contribution in [0.1, 0.15) is 10.4 Å². The van der Waals surface area contributed by atoms with Crippen LogP contribution in [-0.2, 0) is 9.15 Å². The monoisotopic (exact) mass is 234 g/mol. The van der Waals surface area contributed by atoms with Crippen LogP contribution in [0.4, 0.5) is 0 Å². The van der Waals surface area contributed by atoms with Crippen LogP contribution in [-0.4, -0.2) is 24.0 Å². The first-order valence-corrected chi connectivity index (χ1v) is 6.17. The van der Waals surface area contributed by atoms with Gasteiger partial charge in [-0.1, -0.05) is 12.1 Å². The van der Waals surface area contributed by atoms with E-state index in [4.69, 9.17) is 9.66 Å². The van der Waals surface area contributed by atoms with Gasteiger partial charge in [0, 0.05) is 15.7 Å². The van der Waals surface area contributed by atoms with Crippen LogP contribution < -0.4 is 0 Å². The second-order valence-corrected chi connectivity index (χ2v) is 5.54. The van der Waals surface area contributed by atoms with Crippen LogP contribution in [0.5, 0.6) is 0 Å². The summed E-state index contributed by atoms with van der Waals surface area (Å²) in [6.45, 7) is 0. The largest absolute Gasteiger partial charge is 0.478 e. The lowest BCUT2D eigenvalue weighted by molar-refractivity contribution is 0.0693. The second-order valence-electron chi connectivity index (χ2n) is 2.31. The van der Waals surface area contributed by atoms with Crippen molar-refractivity contribution in [1.29, 1.82) is 0 Å². The molecule has 0 atom stereocenters. The Morgan fingerprint density at radius 3 is 2.36 bits per heavy atom. The molecule has 0 bridgehead atoms. The molecule has 76 valence electrons. The number of rotatable bonds is 3. The Labute approximate surface area is 83.9 Å². The third-order valence-electron chi connectivity index (χ3n) is 1.31. The molecular weight excluding hydrogens is 228 g/mol. The fraction of sp³-hybridized carbons (Fsp3) is 0. The number of carboxylic acid groups (broad SMARTS) is 1. The number of benzene rings is 1. The van der Waals surface area contributed by atoms with Gasteiger partial charge in [-0.05, 0) is 12.1 Å². The summed E-state index contributed by atoms with van der Waals surface area (Å²) in [5.41, 5.74) is -0.157. The van der Waals surface area contributed by atoms with Crippen LogP contribution in [0.3, 0.4) is 0 Å². The van der Waals surface area contributed by atoms with E-state index in [1.165, 1.54) is 24.3 Å². The lowest BCUT2D eigenvalue weighted by Crippen LogP contribution is -2.00. The van der Waals surface area contributed by atoms with Crippen molar-refractivity contribution in [2.75, 3.05) is 0 Å². The molecule has 0 aliphatic rings. The summed E-state index contributed by atoms with van der Waals surface area (Å²) in [5.74, 6) is -1.24. The van der Waals surface area contributed by atoms with Crippen LogP contribution in [0.15, 0.2) is 29.2 Å². The molecule has 2 N–H and O–H groups in total. The molecule has 0 saturated carbocycles. The van der Waals surface area contributed by atoms with Crippen molar-refractivity contribution in [3.63, 3.8) is 0 Å². The molecule has 0 aliphatic heterocycles. The number of carbonyl (C=O) groups is 1. The van der Waals surface area contributed by atoms with E-state index in [-0.39, 0.29) is 21.3 Å². The van der Waals surface area contributed by atoms with Crippen molar-refractivity contribution in [2.45, 2.75) is 4.90 Å². The van der Waals surface area contributed by atoms with Gasteiger partial charge in [0.1, 0.15) is 0 Å².